The van der Waals surface area contributed by atoms with Crippen LogP contribution in [0, 0.1) is 6.92 Å². The first-order chi connectivity index (χ1) is 10.2. The second-order valence-electron chi connectivity index (χ2n) is 5.12. The number of para-hydroxylation sites is 1. The lowest BCUT2D eigenvalue weighted by Gasteiger charge is -2.15. The van der Waals surface area contributed by atoms with Crippen molar-refractivity contribution in [3.8, 4) is 22.8 Å². The summed E-state index contributed by atoms with van der Waals surface area (Å²) in [7, 11) is 5.48. The Morgan fingerprint density at radius 2 is 1.57 bits per heavy atom. The lowest BCUT2D eigenvalue weighted by atomic mass is 10.0. The summed E-state index contributed by atoms with van der Waals surface area (Å²) in [5.41, 5.74) is 4.50. The summed E-state index contributed by atoms with van der Waals surface area (Å²) in [5.74, 6) is 1.73. The van der Waals surface area contributed by atoms with E-state index in [1.807, 2.05) is 12.1 Å². The van der Waals surface area contributed by atoms with Gasteiger partial charge in [0.05, 0.1) is 19.9 Å². The molecule has 3 nitrogen and oxygen atoms in total. The number of ether oxygens (including phenoxy) is 2. The minimum absolute atomic E-state index is 0.860. The second-order valence-corrected chi connectivity index (χ2v) is 5.12. The van der Waals surface area contributed by atoms with Crippen molar-refractivity contribution in [1.29, 1.82) is 0 Å². The molecule has 0 spiro atoms. The van der Waals surface area contributed by atoms with Gasteiger partial charge in [0, 0.05) is 29.1 Å². The summed E-state index contributed by atoms with van der Waals surface area (Å²) < 4.78 is 13.2. The maximum atomic E-state index is 5.56. The fourth-order valence-corrected chi connectivity index (χ4v) is 2.91. The molecule has 3 aromatic rings. The van der Waals surface area contributed by atoms with Gasteiger partial charge in [-0.1, -0.05) is 18.2 Å². The van der Waals surface area contributed by atoms with Crippen LogP contribution in [0.5, 0.6) is 11.5 Å². The van der Waals surface area contributed by atoms with E-state index in [1.54, 1.807) is 14.2 Å². The highest BCUT2D eigenvalue weighted by Crippen LogP contribution is 2.39. The van der Waals surface area contributed by atoms with Gasteiger partial charge in [-0.25, -0.2) is 0 Å². The highest BCUT2D eigenvalue weighted by molar-refractivity contribution is 5.89. The molecule has 0 amide bonds. The lowest BCUT2D eigenvalue weighted by Crippen LogP contribution is -1.98. The number of benzene rings is 2. The number of fused-ring (bicyclic) bond motifs is 1. The summed E-state index contributed by atoms with van der Waals surface area (Å²) >= 11 is 0. The van der Waals surface area contributed by atoms with Crippen molar-refractivity contribution in [3.05, 3.63) is 48.0 Å². The van der Waals surface area contributed by atoms with Crippen LogP contribution in [0.1, 0.15) is 5.56 Å². The molecule has 21 heavy (non-hydrogen) atoms. The van der Waals surface area contributed by atoms with Crippen LogP contribution in [-0.4, -0.2) is 18.8 Å². The van der Waals surface area contributed by atoms with Crippen molar-refractivity contribution in [1.82, 2.24) is 4.57 Å². The molecule has 0 saturated carbocycles. The van der Waals surface area contributed by atoms with Crippen LogP contribution in [0.2, 0.25) is 0 Å². The Kier molecular flexibility index (Phi) is 3.34. The Morgan fingerprint density at radius 3 is 2.24 bits per heavy atom. The molecular weight excluding hydrogens is 262 g/mol. The first kappa shape index (κ1) is 13.6. The third-order valence-corrected chi connectivity index (χ3v) is 4.02. The third-order valence-electron chi connectivity index (χ3n) is 4.02. The highest BCUT2D eigenvalue weighted by atomic mass is 16.5. The first-order valence-corrected chi connectivity index (χ1v) is 6.93. The van der Waals surface area contributed by atoms with Gasteiger partial charge < -0.3 is 14.0 Å². The predicted octanol–water partition coefficient (Wildman–Crippen LogP) is 4.17. The molecule has 0 aliphatic heterocycles. The van der Waals surface area contributed by atoms with Crippen LogP contribution < -0.4 is 9.47 Å². The van der Waals surface area contributed by atoms with Crippen LogP contribution in [0.3, 0.4) is 0 Å². The molecule has 0 aliphatic rings. The average molecular weight is 281 g/mol. The van der Waals surface area contributed by atoms with Crippen molar-refractivity contribution < 1.29 is 9.47 Å². The van der Waals surface area contributed by atoms with Crippen molar-refractivity contribution in [2.45, 2.75) is 6.92 Å². The van der Waals surface area contributed by atoms with Gasteiger partial charge in [0.2, 0.25) is 0 Å². The summed E-state index contributed by atoms with van der Waals surface area (Å²) in [6.45, 7) is 2.06. The predicted molar refractivity (Wildman–Crippen MR) is 86.2 cm³/mol. The standard InChI is InChI=1S/C18H19NO2/c1-12-16(20-3)9-10-17(21-4)18(12)15-11-13-7-5-6-8-14(13)19(15)2/h5-11H,1-4H3. The zero-order chi connectivity index (χ0) is 15.0. The fraction of sp³-hybridized carbons (Fsp3) is 0.222. The number of hydrogen-bond acceptors (Lipinski definition) is 2. The number of aromatic nitrogens is 1. The highest BCUT2D eigenvalue weighted by Gasteiger charge is 2.17. The zero-order valence-corrected chi connectivity index (χ0v) is 12.8. The maximum Gasteiger partial charge on any atom is 0.128 e. The van der Waals surface area contributed by atoms with Gasteiger partial charge in [0.25, 0.3) is 0 Å². The Bertz CT molecular complexity index is 802. The van der Waals surface area contributed by atoms with Gasteiger partial charge in [-0.2, -0.15) is 0 Å². The molecule has 0 saturated heterocycles. The second kappa shape index (κ2) is 5.17. The minimum Gasteiger partial charge on any atom is -0.496 e. The van der Waals surface area contributed by atoms with E-state index in [1.165, 1.54) is 10.9 Å². The molecule has 0 atom stereocenters. The van der Waals surface area contributed by atoms with E-state index in [2.05, 4.69) is 48.9 Å². The molecule has 0 radical (unpaired) electrons. The summed E-state index contributed by atoms with van der Waals surface area (Å²) in [6.07, 6.45) is 0. The number of nitrogens with zero attached hydrogens (tertiary/aromatic N) is 1. The van der Waals surface area contributed by atoms with Gasteiger partial charge >= 0.3 is 0 Å². The summed E-state index contributed by atoms with van der Waals surface area (Å²) in [5, 5.41) is 1.22. The molecule has 108 valence electrons. The van der Waals surface area contributed by atoms with Gasteiger partial charge in [-0.15, -0.1) is 0 Å². The maximum absolute atomic E-state index is 5.56. The smallest absolute Gasteiger partial charge is 0.128 e. The quantitative estimate of drug-likeness (QED) is 0.719. The topological polar surface area (TPSA) is 23.4 Å². The van der Waals surface area contributed by atoms with Crippen molar-refractivity contribution in [3.63, 3.8) is 0 Å². The summed E-state index contributed by atoms with van der Waals surface area (Å²) in [4.78, 5) is 0. The molecule has 0 N–H and O–H groups in total. The molecule has 0 bridgehead atoms. The molecule has 3 heteroatoms. The van der Waals surface area contributed by atoms with Crippen LogP contribution in [0.4, 0.5) is 0 Å². The molecule has 1 heterocycles. The van der Waals surface area contributed by atoms with E-state index in [9.17, 15) is 0 Å². The van der Waals surface area contributed by atoms with E-state index < -0.39 is 0 Å². The molecule has 0 aliphatic carbocycles. The van der Waals surface area contributed by atoms with Crippen LogP contribution in [0.15, 0.2) is 42.5 Å². The largest absolute Gasteiger partial charge is 0.496 e. The third kappa shape index (κ3) is 2.05. The number of methoxy groups -OCH3 is 2. The zero-order valence-electron chi connectivity index (χ0n) is 12.8. The minimum atomic E-state index is 0.860. The lowest BCUT2D eigenvalue weighted by molar-refractivity contribution is 0.401. The van der Waals surface area contributed by atoms with E-state index in [-0.39, 0.29) is 0 Å². The van der Waals surface area contributed by atoms with Gasteiger partial charge in [0.1, 0.15) is 11.5 Å². The van der Waals surface area contributed by atoms with E-state index in [4.69, 9.17) is 9.47 Å². The average Bonchev–Trinajstić information content (AvgIpc) is 2.84. The molecule has 2 aromatic carbocycles. The van der Waals surface area contributed by atoms with Crippen LogP contribution >= 0.6 is 0 Å². The Labute approximate surface area is 124 Å². The molecule has 1 aromatic heterocycles. The van der Waals surface area contributed by atoms with E-state index >= 15 is 0 Å². The van der Waals surface area contributed by atoms with Gasteiger partial charge in [-0.05, 0) is 31.2 Å². The van der Waals surface area contributed by atoms with Gasteiger partial charge in [0.15, 0.2) is 0 Å². The fourth-order valence-electron chi connectivity index (χ4n) is 2.91. The Morgan fingerprint density at radius 1 is 0.905 bits per heavy atom. The van der Waals surface area contributed by atoms with Crippen LogP contribution in [0.25, 0.3) is 22.2 Å². The van der Waals surface area contributed by atoms with E-state index in [0.29, 0.717) is 0 Å². The molecular formula is C18H19NO2. The van der Waals surface area contributed by atoms with Crippen LogP contribution in [-0.2, 0) is 7.05 Å². The molecule has 0 fully saturated rings. The number of rotatable bonds is 3. The van der Waals surface area contributed by atoms with Crippen molar-refractivity contribution >= 4 is 10.9 Å². The SMILES string of the molecule is COc1ccc(OC)c(-c2cc3ccccc3n2C)c1C. The van der Waals surface area contributed by atoms with Gasteiger partial charge in [-0.3, -0.25) is 0 Å². The molecule has 3 rings (SSSR count). The number of hydrogen-bond donors (Lipinski definition) is 0. The number of aryl methyl sites for hydroxylation is 1. The summed E-state index contributed by atoms with van der Waals surface area (Å²) in [6, 6.07) is 14.5. The Hall–Kier alpha value is -2.42. The molecule has 0 unspecified atom stereocenters. The van der Waals surface area contributed by atoms with Crippen molar-refractivity contribution in [2.24, 2.45) is 7.05 Å². The first-order valence-electron chi connectivity index (χ1n) is 6.93. The van der Waals surface area contributed by atoms with Crippen molar-refractivity contribution in [2.75, 3.05) is 14.2 Å². The van der Waals surface area contributed by atoms with E-state index in [0.717, 1.165) is 28.3 Å². The normalized spacial score (nSPS) is 10.9. The monoisotopic (exact) mass is 281 g/mol. The Balaban J connectivity index is 2.34.